The monoisotopic (exact) mass is 970 g/mol. The van der Waals surface area contributed by atoms with Crippen LogP contribution in [-0.2, 0) is 32.7 Å². The van der Waals surface area contributed by atoms with Crippen molar-refractivity contribution in [3.05, 3.63) is 12.2 Å². The summed E-state index contributed by atoms with van der Waals surface area (Å²) in [7, 11) is -4.44. The molecule has 0 bridgehead atoms. The molecule has 0 aromatic rings. The number of hydrogen-bond acceptors (Lipinski definition) is 7. The van der Waals surface area contributed by atoms with Crippen LogP contribution < -0.4 is 5.32 Å². The van der Waals surface area contributed by atoms with Gasteiger partial charge in [-0.15, -0.1) is 0 Å². The summed E-state index contributed by atoms with van der Waals surface area (Å²) in [6.07, 6.45) is 57.2. The maximum atomic E-state index is 12.8. The highest BCUT2D eigenvalue weighted by Gasteiger charge is 2.25. The molecule has 0 aromatic heterocycles. The fourth-order valence-corrected chi connectivity index (χ4v) is 9.38. The topological polar surface area (TPSA) is 120 Å². The van der Waals surface area contributed by atoms with Crippen molar-refractivity contribution in [1.82, 2.24) is 5.32 Å². The van der Waals surface area contributed by atoms with Gasteiger partial charge in [0.15, 0.2) is 0 Å². The number of phosphoric acid groups is 1. The van der Waals surface area contributed by atoms with Crippen LogP contribution in [-0.4, -0.2) is 55.8 Å². The Morgan fingerprint density at radius 1 is 0.448 bits per heavy atom. The molecule has 2 atom stereocenters. The van der Waals surface area contributed by atoms with Gasteiger partial charge < -0.3 is 19.7 Å². The zero-order chi connectivity index (χ0) is 48.8. The minimum absolute atomic E-state index is 0.0833. The Labute approximate surface area is 415 Å². The second kappa shape index (κ2) is 54.1. The van der Waals surface area contributed by atoms with Crippen LogP contribution in [0.25, 0.3) is 0 Å². The van der Waals surface area contributed by atoms with E-state index in [9.17, 15) is 19.0 Å². The molecule has 0 fully saturated rings. The first-order valence-corrected chi connectivity index (χ1v) is 30.6. The first-order chi connectivity index (χ1) is 32.8. The van der Waals surface area contributed by atoms with Gasteiger partial charge >= 0.3 is 13.8 Å². The van der Waals surface area contributed by atoms with Gasteiger partial charge in [-0.25, -0.2) is 4.57 Å². The standard InChI is InChI=1S/C57H112NO8P/c1-4-7-10-13-16-19-22-25-27-29-32-35-38-41-44-47-51-63-53-55(66-57(60)49-46-43-40-37-34-31-28-26-23-20-17-14-11-8-5-2)54-65-67(61,62)64-52-50-58-56(59)48-45-42-39-36-33-30-24-21-18-15-12-9-6-3/h26,28,55H,4-25,27,29-54H2,1-3H3,(H,58,59)(H,61,62)/b28-26-. The average molecular weight is 970 g/mol. The van der Waals surface area contributed by atoms with Crippen LogP contribution in [0.4, 0.5) is 0 Å². The second-order valence-electron chi connectivity index (χ2n) is 19.8. The third-order valence-electron chi connectivity index (χ3n) is 13.0. The molecule has 0 spiro atoms. The normalized spacial score (nSPS) is 13.1. The molecular formula is C57H112NO8P. The molecule has 0 aromatic carbocycles. The van der Waals surface area contributed by atoms with Gasteiger partial charge in [0.1, 0.15) is 6.10 Å². The number of carbonyl (C=O) groups is 2. The highest BCUT2D eigenvalue weighted by molar-refractivity contribution is 7.47. The Bertz CT molecular complexity index is 1110. The molecule has 0 aliphatic carbocycles. The van der Waals surface area contributed by atoms with Crippen LogP contribution in [0.3, 0.4) is 0 Å². The Hall–Kier alpha value is -1.25. The van der Waals surface area contributed by atoms with Crippen LogP contribution in [0.15, 0.2) is 12.2 Å². The van der Waals surface area contributed by atoms with Crippen LogP contribution in [0.1, 0.15) is 303 Å². The van der Waals surface area contributed by atoms with E-state index in [-0.39, 0.29) is 38.2 Å². The van der Waals surface area contributed by atoms with Gasteiger partial charge in [-0.1, -0.05) is 258 Å². The van der Waals surface area contributed by atoms with Crippen molar-refractivity contribution in [2.75, 3.05) is 33.0 Å². The molecule has 0 radical (unpaired) electrons. The van der Waals surface area contributed by atoms with E-state index in [1.165, 1.54) is 205 Å². The summed E-state index contributed by atoms with van der Waals surface area (Å²) in [5.41, 5.74) is 0. The number of ether oxygens (including phenoxy) is 2. The van der Waals surface area contributed by atoms with Crippen molar-refractivity contribution in [2.45, 2.75) is 309 Å². The molecule has 9 nitrogen and oxygen atoms in total. The summed E-state index contributed by atoms with van der Waals surface area (Å²) in [5, 5.41) is 2.78. The zero-order valence-electron chi connectivity index (χ0n) is 44.6. The van der Waals surface area contributed by atoms with Crippen LogP contribution >= 0.6 is 7.82 Å². The lowest BCUT2D eigenvalue weighted by Crippen LogP contribution is -2.29. The highest BCUT2D eigenvalue weighted by atomic mass is 31.2. The molecular weight excluding hydrogens is 858 g/mol. The van der Waals surface area contributed by atoms with E-state index in [0.29, 0.717) is 19.4 Å². The van der Waals surface area contributed by atoms with E-state index >= 15 is 0 Å². The lowest BCUT2D eigenvalue weighted by Gasteiger charge is -2.20. The van der Waals surface area contributed by atoms with E-state index in [4.69, 9.17) is 18.5 Å². The smallest absolute Gasteiger partial charge is 0.457 e. The van der Waals surface area contributed by atoms with E-state index < -0.39 is 13.9 Å². The van der Waals surface area contributed by atoms with Gasteiger partial charge in [-0.2, -0.15) is 0 Å². The fourth-order valence-electron chi connectivity index (χ4n) is 8.63. The number of nitrogens with one attached hydrogen (secondary N) is 1. The predicted octanol–water partition coefficient (Wildman–Crippen LogP) is 17.9. The Morgan fingerprint density at radius 2 is 0.806 bits per heavy atom. The molecule has 398 valence electrons. The lowest BCUT2D eigenvalue weighted by molar-refractivity contribution is -0.154. The number of hydrogen-bond donors (Lipinski definition) is 2. The van der Waals surface area contributed by atoms with Crippen LogP contribution in [0, 0.1) is 0 Å². The molecule has 0 rings (SSSR count). The summed E-state index contributed by atoms with van der Waals surface area (Å²) < 4.78 is 34.8. The van der Waals surface area contributed by atoms with Crippen LogP contribution in [0.2, 0.25) is 0 Å². The van der Waals surface area contributed by atoms with Gasteiger partial charge in [0.2, 0.25) is 5.91 Å². The summed E-state index contributed by atoms with van der Waals surface area (Å²) in [5.74, 6) is -0.433. The number of rotatable bonds is 56. The quantitative estimate of drug-likeness (QED) is 0.0268. The zero-order valence-corrected chi connectivity index (χ0v) is 45.5. The molecule has 2 unspecified atom stereocenters. The molecule has 10 heteroatoms. The average Bonchev–Trinajstić information content (AvgIpc) is 3.31. The third kappa shape index (κ3) is 53.9. The van der Waals surface area contributed by atoms with Gasteiger partial charge in [-0.05, 0) is 44.9 Å². The summed E-state index contributed by atoms with van der Waals surface area (Å²) in [4.78, 5) is 35.6. The Balaban J connectivity index is 4.39. The number of phosphoric ester groups is 1. The minimum Gasteiger partial charge on any atom is -0.457 e. The highest BCUT2D eigenvalue weighted by Crippen LogP contribution is 2.43. The van der Waals surface area contributed by atoms with Crippen molar-refractivity contribution in [3.63, 3.8) is 0 Å². The molecule has 2 N–H and O–H groups in total. The molecule has 0 heterocycles. The second-order valence-corrected chi connectivity index (χ2v) is 21.2. The Morgan fingerprint density at radius 3 is 1.22 bits per heavy atom. The largest absolute Gasteiger partial charge is 0.472 e. The first kappa shape index (κ1) is 65.8. The Kier molecular flexibility index (Phi) is 53.1. The fraction of sp³-hybridized carbons (Fsp3) is 0.930. The van der Waals surface area contributed by atoms with Gasteiger partial charge in [0.25, 0.3) is 0 Å². The summed E-state index contributed by atoms with van der Waals surface area (Å²) in [6, 6.07) is 0. The summed E-state index contributed by atoms with van der Waals surface area (Å²) in [6.45, 7) is 7.06. The first-order valence-electron chi connectivity index (χ1n) is 29.1. The van der Waals surface area contributed by atoms with Crippen molar-refractivity contribution in [3.8, 4) is 0 Å². The lowest BCUT2D eigenvalue weighted by atomic mass is 10.0. The number of carbonyl (C=O) groups excluding carboxylic acids is 2. The number of esters is 1. The number of unbranched alkanes of at least 4 members (excludes halogenated alkanes) is 38. The van der Waals surface area contributed by atoms with Crippen molar-refractivity contribution >= 4 is 19.7 Å². The molecule has 0 saturated heterocycles. The maximum absolute atomic E-state index is 12.8. The molecule has 0 aliphatic heterocycles. The van der Waals surface area contributed by atoms with Gasteiger partial charge in [0, 0.05) is 26.0 Å². The third-order valence-corrected chi connectivity index (χ3v) is 14.0. The van der Waals surface area contributed by atoms with E-state index in [0.717, 1.165) is 64.2 Å². The van der Waals surface area contributed by atoms with Crippen molar-refractivity contribution in [1.29, 1.82) is 0 Å². The van der Waals surface area contributed by atoms with Gasteiger partial charge in [0.05, 0.1) is 19.8 Å². The van der Waals surface area contributed by atoms with E-state index in [2.05, 4.69) is 38.2 Å². The minimum atomic E-state index is -4.44. The predicted molar refractivity (Wildman–Crippen MR) is 285 cm³/mol. The van der Waals surface area contributed by atoms with Crippen molar-refractivity contribution in [2.24, 2.45) is 0 Å². The van der Waals surface area contributed by atoms with Crippen LogP contribution in [0.5, 0.6) is 0 Å². The number of allylic oxidation sites excluding steroid dienone is 2. The van der Waals surface area contributed by atoms with Crippen molar-refractivity contribution < 1.29 is 37.6 Å². The molecule has 1 amide bonds. The number of amides is 1. The SMILES string of the molecule is CCCCCCCC/C=C\CCCCCCCC(=O)OC(COCCCCCCCCCCCCCCCCCC)COP(=O)(O)OCCNC(=O)CCCCCCCCCCCCCCC. The van der Waals surface area contributed by atoms with E-state index in [1.807, 2.05) is 0 Å². The molecule has 67 heavy (non-hydrogen) atoms. The molecule has 0 aliphatic rings. The summed E-state index contributed by atoms with van der Waals surface area (Å²) >= 11 is 0. The maximum Gasteiger partial charge on any atom is 0.472 e. The van der Waals surface area contributed by atoms with E-state index in [1.54, 1.807) is 0 Å². The molecule has 0 saturated carbocycles. The van der Waals surface area contributed by atoms with Gasteiger partial charge in [-0.3, -0.25) is 18.6 Å².